The van der Waals surface area contributed by atoms with Crippen molar-refractivity contribution in [3.05, 3.63) is 24.2 Å². The van der Waals surface area contributed by atoms with Crippen LogP contribution in [0.15, 0.2) is 22.8 Å². The van der Waals surface area contributed by atoms with Crippen LogP contribution in [0.5, 0.6) is 0 Å². The van der Waals surface area contributed by atoms with Crippen molar-refractivity contribution in [1.82, 2.24) is 10.6 Å². The molecule has 0 amide bonds. The fourth-order valence-electron chi connectivity index (χ4n) is 1.49. The van der Waals surface area contributed by atoms with Crippen LogP contribution in [0.4, 0.5) is 0 Å². The van der Waals surface area contributed by atoms with Crippen LogP contribution in [-0.2, 0) is 6.54 Å². The Morgan fingerprint density at radius 2 is 2.67 bits per heavy atom. The molecule has 1 unspecified atom stereocenters. The molecule has 3 nitrogen and oxygen atoms in total. The van der Waals surface area contributed by atoms with E-state index in [1.165, 1.54) is 6.42 Å². The minimum atomic E-state index is 0.620. The van der Waals surface area contributed by atoms with Crippen LogP contribution < -0.4 is 10.6 Å². The van der Waals surface area contributed by atoms with E-state index in [9.17, 15) is 0 Å². The minimum absolute atomic E-state index is 0.620. The lowest BCUT2D eigenvalue weighted by Crippen LogP contribution is -2.30. The average molecular weight is 166 g/mol. The maximum absolute atomic E-state index is 5.21. The molecule has 0 radical (unpaired) electrons. The predicted octanol–water partition coefficient (Wildman–Crippen LogP) is 0.731. The summed E-state index contributed by atoms with van der Waals surface area (Å²) in [5, 5.41) is 6.74. The lowest BCUT2D eigenvalue weighted by molar-refractivity contribution is 0.454. The van der Waals surface area contributed by atoms with Gasteiger partial charge in [-0.2, -0.15) is 0 Å². The molecule has 0 bridgehead atoms. The molecule has 1 aliphatic rings. The molecule has 66 valence electrons. The molecule has 1 aromatic heterocycles. The summed E-state index contributed by atoms with van der Waals surface area (Å²) in [7, 11) is 0. The Morgan fingerprint density at radius 3 is 3.33 bits per heavy atom. The summed E-state index contributed by atoms with van der Waals surface area (Å²) in [6.07, 6.45) is 2.94. The molecule has 12 heavy (non-hydrogen) atoms. The Labute approximate surface area is 72.1 Å². The molecule has 3 heteroatoms. The van der Waals surface area contributed by atoms with Crippen molar-refractivity contribution in [1.29, 1.82) is 0 Å². The first-order valence-corrected chi connectivity index (χ1v) is 4.41. The van der Waals surface area contributed by atoms with Crippen LogP contribution in [0.25, 0.3) is 0 Å². The number of furan rings is 1. The van der Waals surface area contributed by atoms with Gasteiger partial charge in [-0.25, -0.2) is 0 Å². The van der Waals surface area contributed by atoms with Crippen LogP contribution in [0.3, 0.4) is 0 Å². The number of hydrogen-bond acceptors (Lipinski definition) is 3. The van der Waals surface area contributed by atoms with E-state index in [1.54, 1.807) is 6.26 Å². The Bertz CT molecular complexity index is 214. The highest BCUT2D eigenvalue weighted by Gasteiger charge is 2.13. The minimum Gasteiger partial charge on any atom is -0.468 e. The van der Waals surface area contributed by atoms with E-state index in [-0.39, 0.29) is 0 Å². The van der Waals surface area contributed by atoms with Gasteiger partial charge in [-0.15, -0.1) is 0 Å². The zero-order valence-corrected chi connectivity index (χ0v) is 7.05. The van der Waals surface area contributed by atoms with Gasteiger partial charge in [0.2, 0.25) is 0 Å². The van der Waals surface area contributed by atoms with Crippen molar-refractivity contribution in [3.8, 4) is 0 Å². The molecule has 2 rings (SSSR count). The summed E-state index contributed by atoms with van der Waals surface area (Å²) < 4.78 is 5.21. The second-order valence-electron chi connectivity index (χ2n) is 3.15. The van der Waals surface area contributed by atoms with Gasteiger partial charge in [0.25, 0.3) is 0 Å². The molecule has 1 fully saturated rings. The normalized spacial score (nSPS) is 23.2. The van der Waals surface area contributed by atoms with Gasteiger partial charge in [0, 0.05) is 12.6 Å². The third-order valence-corrected chi connectivity index (χ3v) is 2.21. The van der Waals surface area contributed by atoms with E-state index < -0.39 is 0 Å². The summed E-state index contributed by atoms with van der Waals surface area (Å²) in [4.78, 5) is 0. The van der Waals surface area contributed by atoms with Gasteiger partial charge < -0.3 is 15.1 Å². The van der Waals surface area contributed by atoms with Crippen molar-refractivity contribution in [2.24, 2.45) is 0 Å². The van der Waals surface area contributed by atoms with Crippen LogP contribution >= 0.6 is 0 Å². The second kappa shape index (κ2) is 3.74. The van der Waals surface area contributed by atoms with Crippen molar-refractivity contribution in [2.75, 3.05) is 13.1 Å². The van der Waals surface area contributed by atoms with Gasteiger partial charge in [-0.05, 0) is 25.1 Å². The van der Waals surface area contributed by atoms with E-state index in [4.69, 9.17) is 4.42 Å². The Kier molecular flexibility index (Phi) is 2.44. The number of hydrogen-bond donors (Lipinski definition) is 2. The average Bonchev–Trinajstić information content (AvgIpc) is 2.74. The molecule has 2 N–H and O–H groups in total. The van der Waals surface area contributed by atoms with E-state index >= 15 is 0 Å². The molecule has 0 aliphatic carbocycles. The first-order valence-electron chi connectivity index (χ1n) is 4.41. The van der Waals surface area contributed by atoms with E-state index in [0.717, 1.165) is 25.4 Å². The second-order valence-corrected chi connectivity index (χ2v) is 3.15. The van der Waals surface area contributed by atoms with E-state index in [0.29, 0.717) is 6.04 Å². The highest BCUT2D eigenvalue weighted by molar-refractivity contribution is 4.98. The van der Waals surface area contributed by atoms with Gasteiger partial charge in [0.15, 0.2) is 0 Å². The van der Waals surface area contributed by atoms with Crippen molar-refractivity contribution < 1.29 is 4.42 Å². The fourth-order valence-corrected chi connectivity index (χ4v) is 1.49. The topological polar surface area (TPSA) is 37.2 Å². The van der Waals surface area contributed by atoms with Crippen LogP contribution in [0, 0.1) is 0 Å². The quantitative estimate of drug-likeness (QED) is 0.695. The monoisotopic (exact) mass is 166 g/mol. The Morgan fingerprint density at radius 1 is 1.67 bits per heavy atom. The van der Waals surface area contributed by atoms with Gasteiger partial charge in [0.1, 0.15) is 5.76 Å². The molecule has 1 atom stereocenters. The summed E-state index contributed by atoms with van der Waals surface area (Å²) in [6.45, 7) is 3.07. The zero-order chi connectivity index (χ0) is 8.23. The van der Waals surface area contributed by atoms with Gasteiger partial charge >= 0.3 is 0 Å². The van der Waals surface area contributed by atoms with Crippen molar-refractivity contribution in [2.45, 2.75) is 19.0 Å². The number of nitrogens with one attached hydrogen (secondary N) is 2. The highest BCUT2D eigenvalue weighted by Crippen LogP contribution is 2.02. The van der Waals surface area contributed by atoms with Crippen LogP contribution in [-0.4, -0.2) is 19.1 Å². The molecule has 1 aliphatic heterocycles. The first-order chi connectivity index (χ1) is 5.95. The maximum Gasteiger partial charge on any atom is 0.117 e. The molecule has 1 saturated heterocycles. The maximum atomic E-state index is 5.21. The fraction of sp³-hybridized carbons (Fsp3) is 0.556. The standard InChI is InChI=1S/C9H14N2O/c1-2-9(12-5-1)7-11-8-3-4-10-6-8/h1-2,5,8,10-11H,3-4,6-7H2. The molecule has 0 spiro atoms. The molecular weight excluding hydrogens is 152 g/mol. The third kappa shape index (κ3) is 1.87. The predicted molar refractivity (Wildman–Crippen MR) is 46.8 cm³/mol. The molecular formula is C9H14N2O. The number of rotatable bonds is 3. The lowest BCUT2D eigenvalue weighted by Gasteiger charge is -2.08. The summed E-state index contributed by atoms with van der Waals surface area (Å²) in [5.41, 5.74) is 0. The van der Waals surface area contributed by atoms with E-state index in [2.05, 4.69) is 10.6 Å². The summed E-state index contributed by atoms with van der Waals surface area (Å²) in [5.74, 6) is 1.02. The molecule has 1 aromatic rings. The molecule has 0 saturated carbocycles. The van der Waals surface area contributed by atoms with Crippen molar-refractivity contribution >= 4 is 0 Å². The first kappa shape index (κ1) is 7.83. The molecule has 0 aromatic carbocycles. The summed E-state index contributed by atoms with van der Waals surface area (Å²) >= 11 is 0. The smallest absolute Gasteiger partial charge is 0.117 e. The Balaban J connectivity index is 1.74. The summed E-state index contributed by atoms with van der Waals surface area (Å²) in [6, 6.07) is 4.54. The van der Waals surface area contributed by atoms with Gasteiger partial charge in [0.05, 0.1) is 12.8 Å². The van der Waals surface area contributed by atoms with Crippen LogP contribution in [0.2, 0.25) is 0 Å². The van der Waals surface area contributed by atoms with Gasteiger partial charge in [-0.3, -0.25) is 0 Å². The Hall–Kier alpha value is -0.800. The van der Waals surface area contributed by atoms with Crippen LogP contribution in [0.1, 0.15) is 12.2 Å². The highest BCUT2D eigenvalue weighted by atomic mass is 16.3. The third-order valence-electron chi connectivity index (χ3n) is 2.21. The molecule has 2 heterocycles. The van der Waals surface area contributed by atoms with Gasteiger partial charge in [-0.1, -0.05) is 0 Å². The lowest BCUT2D eigenvalue weighted by atomic mass is 10.2. The SMILES string of the molecule is c1coc(CNC2CCNC2)c1. The van der Waals surface area contributed by atoms with E-state index in [1.807, 2.05) is 12.1 Å². The zero-order valence-electron chi connectivity index (χ0n) is 7.05. The largest absolute Gasteiger partial charge is 0.468 e. The van der Waals surface area contributed by atoms with Crippen molar-refractivity contribution in [3.63, 3.8) is 0 Å².